The molecule has 0 fully saturated rings. The van der Waals surface area contributed by atoms with Gasteiger partial charge in [-0.1, -0.05) is 30.4 Å². The third-order valence-electron chi connectivity index (χ3n) is 4.30. The molecule has 0 aliphatic rings. The first-order valence-electron chi connectivity index (χ1n) is 9.59. The maximum Gasteiger partial charge on any atom is 0.308 e. The van der Waals surface area contributed by atoms with Crippen LogP contribution in [-0.2, 0) is 16.6 Å². The minimum Gasteiger partial charge on any atom is -0.347 e. The number of fused-ring (bicyclic) bond motifs is 1. The molecular formula is C21H25N3O4S2. The number of amides is 1. The number of carbonyl (C=O) groups is 1. The van der Waals surface area contributed by atoms with Crippen molar-refractivity contribution >= 4 is 43.2 Å². The number of sulfonamides is 1. The van der Waals surface area contributed by atoms with Crippen LogP contribution >= 0.6 is 11.3 Å². The third-order valence-corrected chi connectivity index (χ3v) is 6.61. The van der Waals surface area contributed by atoms with Crippen molar-refractivity contribution in [2.75, 3.05) is 4.72 Å². The number of aromatic nitrogens is 1. The predicted molar refractivity (Wildman–Crippen MR) is 121 cm³/mol. The molecule has 160 valence electrons. The first-order valence-corrected chi connectivity index (χ1v) is 11.9. The van der Waals surface area contributed by atoms with Crippen molar-refractivity contribution in [2.45, 2.75) is 51.1 Å². The molecule has 1 amide bonds. The molecule has 0 saturated heterocycles. The molecule has 1 aromatic heterocycles. The lowest BCUT2D eigenvalue weighted by Crippen LogP contribution is -2.40. The van der Waals surface area contributed by atoms with Gasteiger partial charge < -0.3 is 5.32 Å². The molecular weight excluding hydrogens is 422 g/mol. The SMILES string of the molecule is CCCn1c(=O)sc2cc(S(=O)(=O)Nc3ccccc3C(=O)NC(C)(C)C)ccc21. The number of para-hydroxylation sites is 1. The maximum atomic E-state index is 13.0. The molecule has 9 heteroatoms. The van der Waals surface area contributed by atoms with Crippen molar-refractivity contribution in [3.63, 3.8) is 0 Å². The Morgan fingerprint density at radius 2 is 1.83 bits per heavy atom. The van der Waals surface area contributed by atoms with Crippen molar-refractivity contribution in [2.24, 2.45) is 0 Å². The summed E-state index contributed by atoms with van der Waals surface area (Å²) in [6, 6.07) is 11.1. The fraction of sp³-hybridized carbons (Fsp3) is 0.333. The minimum absolute atomic E-state index is 0.0333. The zero-order valence-corrected chi connectivity index (χ0v) is 19.0. The van der Waals surface area contributed by atoms with Gasteiger partial charge in [-0.2, -0.15) is 0 Å². The predicted octanol–water partition coefficient (Wildman–Crippen LogP) is 3.80. The van der Waals surface area contributed by atoms with Gasteiger partial charge in [0.1, 0.15) is 0 Å². The van der Waals surface area contributed by atoms with Crippen LogP contribution in [0.1, 0.15) is 44.5 Å². The number of rotatable bonds is 6. The summed E-state index contributed by atoms with van der Waals surface area (Å²) in [7, 11) is -3.96. The lowest BCUT2D eigenvalue weighted by atomic mass is 10.1. The molecule has 0 radical (unpaired) electrons. The van der Waals surface area contributed by atoms with Crippen molar-refractivity contribution in [1.29, 1.82) is 0 Å². The second-order valence-electron chi connectivity index (χ2n) is 8.00. The molecule has 0 spiro atoms. The summed E-state index contributed by atoms with van der Waals surface area (Å²) in [5, 5.41) is 2.84. The van der Waals surface area contributed by atoms with E-state index in [-0.39, 0.29) is 26.9 Å². The number of benzene rings is 2. The Labute approximate surface area is 179 Å². The van der Waals surface area contributed by atoms with Crippen LogP contribution in [0, 0.1) is 0 Å². The second-order valence-corrected chi connectivity index (χ2v) is 10.7. The largest absolute Gasteiger partial charge is 0.347 e. The highest BCUT2D eigenvalue weighted by molar-refractivity contribution is 7.92. The number of aryl methyl sites for hydroxylation is 1. The zero-order chi connectivity index (χ0) is 22.1. The third kappa shape index (κ3) is 4.73. The van der Waals surface area contributed by atoms with Crippen LogP contribution in [0.4, 0.5) is 5.69 Å². The van der Waals surface area contributed by atoms with Gasteiger partial charge in [0, 0.05) is 12.1 Å². The standard InChI is InChI=1S/C21H25N3O4S2/c1-5-12-24-17-11-10-14(13-18(17)29-20(24)26)30(27,28)23-16-9-7-6-8-15(16)19(25)22-21(2,3)4/h6-11,13,23H,5,12H2,1-4H3,(H,22,25). The van der Waals surface area contributed by atoms with Crippen LogP contribution in [0.25, 0.3) is 10.2 Å². The van der Waals surface area contributed by atoms with Crippen LogP contribution in [0.5, 0.6) is 0 Å². The lowest BCUT2D eigenvalue weighted by molar-refractivity contribution is 0.0920. The number of hydrogen-bond donors (Lipinski definition) is 2. The summed E-state index contributed by atoms with van der Waals surface area (Å²) in [5.41, 5.74) is 0.680. The van der Waals surface area contributed by atoms with E-state index >= 15 is 0 Å². The number of nitrogens with zero attached hydrogens (tertiary/aromatic N) is 1. The number of anilines is 1. The summed E-state index contributed by atoms with van der Waals surface area (Å²) >= 11 is 1.02. The van der Waals surface area contributed by atoms with E-state index in [0.717, 1.165) is 23.3 Å². The first-order chi connectivity index (χ1) is 14.0. The Morgan fingerprint density at radius 3 is 2.50 bits per heavy atom. The maximum absolute atomic E-state index is 13.0. The fourth-order valence-electron chi connectivity index (χ4n) is 3.03. The topological polar surface area (TPSA) is 97.3 Å². The van der Waals surface area contributed by atoms with Crippen LogP contribution in [0.15, 0.2) is 52.2 Å². The molecule has 30 heavy (non-hydrogen) atoms. The van der Waals surface area contributed by atoms with Gasteiger partial charge in [-0.3, -0.25) is 18.9 Å². The van der Waals surface area contributed by atoms with Crippen molar-refractivity contribution in [3.8, 4) is 0 Å². The van der Waals surface area contributed by atoms with Gasteiger partial charge in [0.15, 0.2) is 0 Å². The molecule has 0 saturated carbocycles. The van der Waals surface area contributed by atoms with E-state index in [1.165, 1.54) is 12.1 Å². The normalized spacial score (nSPS) is 12.1. The lowest BCUT2D eigenvalue weighted by Gasteiger charge is -2.21. The van der Waals surface area contributed by atoms with Crippen molar-refractivity contribution < 1.29 is 13.2 Å². The monoisotopic (exact) mass is 447 g/mol. The van der Waals surface area contributed by atoms with E-state index < -0.39 is 15.6 Å². The molecule has 1 heterocycles. The molecule has 2 aromatic carbocycles. The smallest absolute Gasteiger partial charge is 0.308 e. The number of carbonyl (C=O) groups excluding carboxylic acids is 1. The van der Waals surface area contributed by atoms with Crippen LogP contribution < -0.4 is 14.9 Å². The molecule has 3 aromatic rings. The Kier molecular flexibility index (Phi) is 6.05. The molecule has 7 nitrogen and oxygen atoms in total. The van der Waals surface area contributed by atoms with E-state index in [2.05, 4.69) is 10.0 Å². The van der Waals surface area contributed by atoms with Gasteiger partial charge in [0.2, 0.25) is 0 Å². The Bertz CT molecular complexity index is 1250. The van der Waals surface area contributed by atoms with E-state index in [1.54, 1.807) is 34.9 Å². The van der Waals surface area contributed by atoms with Gasteiger partial charge in [-0.15, -0.1) is 0 Å². The summed E-state index contributed by atoms with van der Waals surface area (Å²) < 4.78 is 30.8. The number of hydrogen-bond acceptors (Lipinski definition) is 5. The fourth-order valence-corrected chi connectivity index (χ4v) is 5.17. The summed E-state index contributed by atoms with van der Waals surface area (Å²) in [6.45, 7) is 8.11. The van der Waals surface area contributed by atoms with E-state index in [1.807, 2.05) is 27.7 Å². The molecule has 3 rings (SSSR count). The van der Waals surface area contributed by atoms with Gasteiger partial charge >= 0.3 is 4.87 Å². The van der Waals surface area contributed by atoms with Crippen LogP contribution in [0.3, 0.4) is 0 Å². The van der Waals surface area contributed by atoms with Crippen LogP contribution in [0.2, 0.25) is 0 Å². The quantitative estimate of drug-likeness (QED) is 0.601. The average Bonchev–Trinajstić information content (AvgIpc) is 2.95. The first kappa shape index (κ1) is 22.0. The van der Waals surface area contributed by atoms with E-state index in [0.29, 0.717) is 11.2 Å². The Balaban J connectivity index is 1.96. The van der Waals surface area contributed by atoms with Gasteiger partial charge in [0.25, 0.3) is 15.9 Å². The van der Waals surface area contributed by atoms with E-state index in [9.17, 15) is 18.0 Å². The van der Waals surface area contributed by atoms with Crippen molar-refractivity contribution in [3.05, 3.63) is 57.7 Å². The Morgan fingerprint density at radius 1 is 1.13 bits per heavy atom. The average molecular weight is 448 g/mol. The second kappa shape index (κ2) is 8.23. The molecule has 0 unspecified atom stereocenters. The molecule has 0 aliphatic heterocycles. The summed E-state index contributed by atoms with van der Waals surface area (Å²) in [6.07, 6.45) is 0.806. The highest BCUT2D eigenvalue weighted by Gasteiger charge is 2.22. The summed E-state index contributed by atoms with van der Waals surface area (Å²) in [4.78, 5) is 24.7. The van der Waals surface area contributed by atoms with Gasteiger partial charge in [-0.05, 0) is 57.5 Å². The van der Waals surface area contributed by atoms with Crippen LogP contribution in [-0.4, -0.2) is 24.4 Å². The highest BCUT2D eigenvalue weighted by atomic mass is 32.2. The zero-order valence-electron chi connectivity index (χ0n) is 17.4. The highest BCUT2D eigenvalue weighted by Crippen LogP contribution is 2.25. The number of nitrogens with one attached hydrogen (secondary N) is 2. The van der Waals surface area contributed by atoms with E-state index in [4.69, 9.17) is 0 Å². The molecule has 2 N–H and O–H groups in total. The van der Waals surface area contributed by atoms with Gasteiger partial charge in [0.05, 0.1) is 26.4 Å². The molecule has 0 atom stereocenters. The molecule has 0 aliphatic carbocycles. The summed E-state index contributed by atoms with van der Waals surface area (Å²) in [5.74, 6) is -0.369. The number of thiazole rings is 1. The molecule has 0 bridgehead atoms. The minimum atomic E-state index is -3.96. The van der Waals surface area contributed by atoms with Gasteiger partial charge in [-0.25, -0.2) is 8.42 Å². The Hall–Kier alpha value is -2.65. The van der Waals surface area contributed by atoms with Crippen molar-refractivity contribution in [1.82, 2.24) is 9.88 Å².